The lowest BCUT2D eigenvalue weighted by Gasteiger charge is -2.30. The summed E-state index contributed by atoms with van der Waals surface area (Å²) >= 11 is 0. The normalized spacial score (nSPS) is 13.0. The minimum atomic E-state index is -0.0515. The van der Waals surface area contributed by atoms with Gasteiger partial charge in [-0.2, -0.15) is 0 Å². The molecule has 0 bridgehead atoms. The number of hydrogen-bond donors (Lipinski definition) is 0. The minimum Gasteiger partial charge on any atom is -0.458 e. The van der Waals surface area contributed by atoms with Crippen LogP contribution in [0.25, 0.3) is 67.3 Å². The molecule has 7 heteroatoms. The fourth-order valence-corrected chi connectivity index (χ4v) is 8.99. The van der Waals surface area contributed by atoms with E-state index < -0.39 is 0 Å². The smallest absolute Gasteiger partial charge is 0.320 e. The van der Waals surface area contributed by atoms with Crippen LogP contribution in [0, 0.1) is 6.33 Å². The molecule has 0 atom stereocenters. The molecule has 6 nitrogen and oxygen atoms in total. The maximum absolute atomic E-state index is 6.75. The summed E-state index contributed by atoms with van der Waals surface area (Å²) in [5, 5.41) is 2.33. The first-order valence-electron chi connectivity index (χ1n) is 19.9. The second kappa shape index (κ2) is 13.0. The third-order valence-electron chi connectivity index (χ3n) is 11.8. The minimum absolute atomic E-state index is 0.00712. The van der Waals surface area contributed by atoms with E-state index >= 15 is 0 Å². The number of rotatable bonds is 4. The van der Waals surface area contributed by atoms with E-state index in [9.17, 15) is 0 Å². The number of para-hydroxylation sites is 2. The molecular formula is C51H40BN5O. The van der Waals surface area contributed by atoms with Crippen molar-refractivity contribution in [2.75, 3.05) is 7.05 Å². The van der Waals surface area contributed by atoms with Crippen molar-refractivity contribution in [3.63, 3.8) is 0 Å². The second-order valence-corrected chi connectivity index (χ2v) is 16.4. The van der Waals surface area contributed by atoms with Crippen LogP contribution in [0.4, 0.5) is 0 Å². The first-order chi connectivity index (χ1) is 28.3. The molecule has 0 N–H and O–H groups in total. The van der Waals surface area contributed by atoms with Gasteiger partial charge in [-0.3, -0.25) is 13.7 Å². The first kappa shape index (κ1) is 34.2. The number of aromatic nitrogens is 4. The van der Waals surface area contributed by atoms with E-state index in [0.717, 1.165) is 62.0 Å². The lowest BCUT2D eigenvalue weighted by molar-refractivity contribution is -0.581. The Morgan fingerprint density at radius 2 is 1.36 bits per heavy atom. The topological polar surface area (TPSA) is 39.1 Å². The number of hydrogen-bond acceptors (Lipinski definition) is 3. The van der Waals surface area contributed by atoms with Gasteiger partial charge in [0.05, 0.1) is 33.7 Å². The third kappa shape index (κ3) is 5.34. The Bertz CT molecular complexity index is 3130. The van der Waals surface area contributed by atoms with Crippen LogP contribution in [-0.4, -0.2) is 32.8 Å². The SMILES string of the molecule is CN1C=Cc2c3[n+]([c-]n2-c2cccc(Oc4ccc5c6ccccc6n(-c6cc(C(C)(C)C)ccn6)c5c4)c2)-c2ccccc2-c2ccccc2-c2ccccc2B31. The predicted molar refractivity (Wildman–Crippen MR) is 236 cm³/mol. The van der Waals surface area contributed by atoms with Gasteiger partial charge in [0.15, 0.2) is 0 Å². The summed E-state index contributed by atoms with van der Waals surface area (Å²) in [6.07, 6.45) is 10.1. The number of ether oxygens (including phenoxy) is 1. The maximum atomic E-state index is 6.75. The molecule has 0 radical (unpaired) electrons. The molecule has 0 saturated heterocycles. The standard InChI is InChI=1S/C51H40BN5O/c1-51(2,3)34-26-28-53-49(30-34)57-46-23-12-9-20-42(46)43-25-24-37(32-48(43)57)58-36-15-13-14-35(31-36)55-33-56-45-22-11-8-19-41(45)39-17-6-5-16-38(39)40-18-7-10-21-44(40)52-50(56)47(55)27-29-54(52)4/h5-32H,1-4H3. The van der Waals surface area contributed by atoms with Crippen LogP contribution in [0.15, 0.2) is 164 Å². The average Bonchev–Trinajstić information content (AvgIpc) is 3.80. The Kier molecular flexibility index (Phi) is 7.64. The molecule has 11 rings (SSSR count). The van der Waals surface area contributed by atoms with Crippen molar-refractivity contribution in [3.8, 4) is 50.9 Å². The Morgan fingerprint density at radius 1 is 0.655 bits per heavy atom. The molecule has 6 aromatic carbocycles. The highest BCUT2D eigenvalue weighted by atomic mass is 16.5. The monoisotopic (exact) mass is 749 g/mol. The Hall–Kier alpha value is -7.12. The number of fused-ring (bicyclic) bond motifs is 10. The van der Waals surface area contributed by atoms with Gasteiger partial charge in [0.25, 0.3) is 6.33 Å². The zero-order valence-corrected chi connectivity index (χ0v) is 32.9. The van der Waals surface area contributed by atoms with Crippen LogP contribution in [0.2, 0.25) is 0 Å². The lowest BCUT2D eigenvalue weighted by atomic mass is 9.48. The van der Waals surface area contributed by atoms with Gasteiger partial charge in [-0.05, 0) is 113 Å². The molecule has 0 fully saturated rings. The molecule has 0 amide bonds. The van der Waals surface area contributed by atoms with Gasteiger partial charge < -0.3 is 9.55 Å². The highest BCUT2D eigenvalue weighted by Gasteiger charge is 2.37. The molecule has 278 valence electrons. The molecule has 2 aliphatic heterocycles. The van der Waals surface area contributed by atoms with E-state index in [4.69, 9.17) is 9.72 Å². The van der Waals surface area contributed by atoms with E-state index in [2.05, 4.69) is 211 Å². The van der Waals surface area contributed by atoms with Crippen LogP contribution in [0.1, 0.15) is 32.0 Å². The van der Waals surface area contributed by atoms with E-state index in [1.165, 1.54) is 33.1 Å². The van der Waals surface area contributed by atoms with Crippen LogP contribution < -0.4 is 20.4 Å². The summed E-state index contributed by atoms with van der Waals surface area (Å²) in [7, 11) is 2.17. The Morgan fingerprint density at radius 3 is 2.21 bits per heavy atom. The van der Waals surface area contributed by atoms with Gasteiger partial charge in [0.1, 0.15) is 17.3 Å². The van der Waals surface area contributed by atoms with Crippen molar-refractivity contribution in [2.24, 2.45) is 0 Å². The third-order valence-corrected chi connectivity index (χ3v) is 11.8. The molecule has 9 aromatic rings. The summed E-state index contributed by atoms with van der Waals surface area (Å²) in [5.74, 6) is 2.38. The Balaban J connectivity index is 1.05. The maximum Gasteiger partial charge on any atom is 0.320 e. The lowest BCUT2D eigenvalue weighted by Crippen LogP contribution is -2.65. The second-order valence-electron chi connectivity index (χ2n) is 16.4. The van der Waals surface area contributed by atoms with Crippen molar-refractivity contribution in [1.29, 1.82) is 0 Å². The van der Waals surface area contributed by atoms with Crippen molar-refractivity contribution in [3.05, 3.63) is 182 Å². The molecular weight excluding hydrogens is 709 g/mol. The molecule has 5 heterocycles. The fraction of sp³-hybridized carbons (Fsp3) is 0.0980. The molecule has 0 spiro atoms. The van der Waals surface area contributed by atoms with Crippen molar-refractivity contribution < 1.29 is 9.30 Å². The molecule has 0 aliphatic carbocycles. The van der Waals surface area contributed by atoms with Crippen LogP contribution in [-0.2, 0) is 5.41 Å². The summed E-state index contributed by atoms with van der Waals surface area (Å²) in [6, 6.07) is 53.8. The van der Waals surface area contributed by atoms with E-state index in [0.29, 0.717) is 0 Å². The van der Waals surface area contributed by atoms with Crippen LogP contribution in [0.5, 0.6) is 11.5 Å². The van der Waals surface area contributed by atoms with Gasteiger partial charge in [-0.25, -0.2) is 4.98 Å². The largest absolute Gasteiger partial charge is 0.458 e. The van der Waals surface area contributed by atoms with Gasteiger partial charge in [-0.15, -0.1) is 0 Å². The van der Waals surface area contributed by atoms with Gasteiger partial charge in [0, 0.05) is 23.0 Å². The fourth-order valence-electron chi connectivity index (χ4n) is 8.99. The Labute approximate surface area is 338 Å². The number of nitrogens with zero attached hydrogens (tertiary/aromatic N) is 5. The summed E-state index contributed by atoms with van der Waals surface area (Å²) in [6.45, 7) is 6.66. The quantitative estimate of drug-likeness (QED) is 0.102. The zero-order valence-electron chi connectivity index (χ0n) is 32.9. The molecule has 0 saturated carbocycles. The highest BCUT2D eigenvalue weighted by Crippen LogP contribution is 2.38. The van der Waals surface area contributed by atoms with Crippen LogP contribution in [0.3, 0.4) is 0 Å². The van der Waals surface area contributed by atoms with Gasteiger partial charge >= 0.3 is 6.85 Å². The van der Waals surface area contributed by atoms with E-state index in [-0.39, 0.29) is 12.3 Å². The van der Waals surface area contributed by atoms with E-state index in [1.54, 1.807) is 0 Å². The number of benzene rings is 6. The molecule has 3 aromatic heterocycles. The van der Waals surface area contributed by atoms with Gasteiger partial charge in [-0.1, -0.05) is 112 Å². The highest BCUT2D eigenvalue weighted by molar-refractivity contribution is 6.84. The summed E-state index contributed by atoms with van der Waals surface area (Å²) in [5.41, 5.74) is 13.7. The molecule has 2 aliphatic rings. The summed E-state index contributed by atoms with van der Waals surface area (Å²) < 4.78 is 13.5. The van der Waals surface area contributed by atoms with Gasteiger partial charge in [0.2, 0.25) is 0 Å². The average molecular weight is 750 g/mol. The number of pyridine rings is 1. The van der Waals surface area contributed by atoms with Crippen molar-refractivity contribution in [2.45, 2.75) is 26.2 Å². The summed E-state index contributed by atoms with van der Waals surface area (Å²) in [4.78, 5) is 7.19. The van der Waals surface area contributed by atoms with Crippen molar-refractivity contribution in [1.82, 2.24) is 18.9 Å². The predicted octanol–water partition coefficient (Wildman–Crippen LogP) is 9.81. The zero-order chi connectivity index (χ0) is 39.1. The van der Waals surface area contributed by atoms with Crippen LogP contribution >= 0.6 is 0 Å². The first-order valence-corrected chi connectivity index (χ1v) is 19.9. The van der Waals surface area contributed by atoms with Crippen molar-refractivity contribution >= 4 is 45.8 Å². The molecule has 58 heavy (non-hydrogen) atoms. The number of imidazole rings is 1. The van der Waals surface area contributed by atoms with E-state index in [1.807, 2.05) is 12.3 Å². The molecule has 0 unspecified atom stereocenters.